The number of hydrogen-bond acceptors (Lipinski definition) is 7. The number of aliphatic hydroxyl groups is 1. The summed E-state index contributed by atoms with van der Waals surface area (Å²) in [7, 11) is 1.44. The standard InChI is InChI=1S/C23H28O7/c1-16(24)27-15-19-21(28-13-17-9-5-3-6-10-17)22(20(25)23(26-2)30-19)29-14-18-11-7-4-8-12-18/h3-12,19-23,25H,13-15H2,1-2H3/t19-,20+,21+,22-,23+/m1/s1. The third kappa shape index (κ3) is 6.10. The highest BCUT2D eigenvalue weighted by atomic mass is 16.7. The van der Waals surface area contributed by atoms with Crippen molar-refractivity contribution in [3.8, 4) is 0 Å². The smallest absolute Gasteiger partial charge is 0.302 e. The van der Waals surface area contributed by atoms with Crippen LogP contribution in [0.15, 0.2) is 60.7 Å². The minimum absolute atomic E-state index is 0.0352. The van der Waals surface area contributed by atoms with Gasteiger partial charge in [0.2, 0.25) is 0 Å². The molecule has 0 spiro atoms. The minimum Gasteiger partial charge on any atom is -0.463 e. The second-order valence-electron chi connectivity index (χ2n) is 7.09. The number of benzene rings is 2. The fourth-order valence-corrected chi connectivity index (χ4v) is 3.35. The van der Waals surface area contributed by atoms with Crippen molar-refractivity contribution in [1.82, 2.24) is 0 Å². The van der Waals surface area contributed by atoms with Crippen LogP contribution in [0.25, 0.3) is 0 Å². The van der Waals surface area contributed by atoms with Crippen molar-refractivity contribution >= 4 is 5.97 Å². The van der Waals surface area contributed by atoms with Crippen LogP contribution < -0.4 is 0 Å². The number of hydrogen-bond donors (Lipinski definition) is 1. The SMILES string of the molecule is CO[C@H]1O[C@H](COC(C)=O)[C@H](OCc2ccccc2)[C@H](OCc2ccccc2)[C@@H]1O. The zero-order valence-corrected chi connectivity index (χ0v) is 17.2. The van der Waals surface area contributed by atoms with Crippen molar-refractivity contribution in [3.63, 3.8) is 0 Å². The van der Waals surface area contributed by atoms with Crippen LogP contribution >= 0.6 is 0 Å². The second-order valence-corrected chi connectivity index (χ2v) is 7.09. The molecule has 0 unspecified atom stereocenters. The molecule has 1 aliphatic heterocycles. The summed E-state index contributed by atoms with van der Waals surface area (Å²) in [6.07, 6.45) is -4.08. The molecule has 0 radical (unpaired) electrons. The summed E-state index contributed by atoms with van der Waals surface area (Å²) in [5.41, 5.74) is 1.93. The molecule has 0 aromatic heterocycles. The maximum absolute atomic E-state index is 11.3. The Labute approximate surface area is 176 Å². The van der Waals surface area contributed by atoms with E-state index in [9.17, 15) is 9.90 Å². The van der Waals surface area contributed by atoms with Gasteiger partial charge in [-0.1, -0.05) is 60.7 Å². The number of carbonyl (C=O) groups is 1. The molecule has 30 heavy (non-hydrogen) atoms. The highest BCUT2D eigenvalue weighted by molar-refractivity contribution is 5.65. The molecule has 7 nitrogen and oxygen atoms in total. The monoisotopic (exact) mass is 416 g/mol. The van der Waals surface area contributed by atoms with E-state index in [2.05, 4.69) is 0 Å². The van der Waals surface area contributed by atoms with Crippen LogP contribution in [0, 0.1) is 0 Å². The maximum atomic E-state index is 11.3. The van der Waals surface area contributed by atoms with Crippen LogP contribution in [0.1, 0.15) is 18.1 Å². The molecule has 7 heteroatoms. The number of carbonyl (C=O) groups excluding carboxylic acids is 1. The Hall–Kier alpha value is -2.29. The zero-order valence-electron chi connectivity index (χ0n) is 17.2. The van der Waals surface area contributed by atoms with Gasteiger partial charge in [0.1, 0.15) is 31.0 Å². The van der Waals surface area contributed by atoms with Gasteiger partial charge in [0.25, 0.3) is 0 Å². The molecule has 1 aliphatic rings. The summed E-state index contributed by atoms with van der Waals surface area (Å²) >= 11 is 0. The molecule has 0 bridgehead atoms. The molecule has 2 aromatic rings. The Morgan fingerprint density at radius 1 is 0.933 bits per heavy atom. The predicted molar refractivity (Wildman–Crippen MR) is 108 cm³/mol. The average Bonchev–Trinajstić information content (AvgIpc) is 2.77. The molecular weight excluding hydrogens is 388 g/mol. The molecule has 162 valence electrons. The summed E-state index contributed by atoms with van der Waals surface area (Å²) in [5, 5.41) is 10.8. The van der Waals surface area contributed by atoms with Crippen molar-refractivity contribution in [2.24, 2.45) is 0 Å². The van der Waals surface area contributed by atoms with Crippen LogP contribution in [0.4, 0.5) is 0 Å². The van der Waals surface area contributed by atoms with Crippen molar-refractivity contribution in [1.29, 1.82) is 0 Å². The van der Waals surface area contributed by atoms with Gasteiger partial charge in [0, 0.05) is 14.0 Å². The van der Waals surface area contributed by atoms with Gasteiger partial charge in [-0.15, -0.1) is 0 Å². The van der Waals surface area contributed by atoms with E-state index in [1.54, 1.807) is 0 Å². The molecular formula is C23H28O7. The molecule has 3 rings (SSSR count). The highest BCUT2D eigenvalue weighted by Crippen LogP contribution is 2.28. The first-order valence-electron chi connectivity index (χ1n) is 9.89. The van der Waals surface area contributed by atoms with Gasteiger partial charge in [-0.3, -0.25) is 4.79 Å². The first-order valence-corrected chi connectivity index (χ1v) is 9.89. The third-order valence-electron chi connectivity index (χ3n) is 4.87. The quantitative estimate of drug-likeness (QED) is 0.629. The number of aliphatic hydroxyl groups excluding tert-OH is 1. The Morgan fingerprint density at radius 3 is 1.97 bits per heavy atom. The molecule has 1 heterocycles. The van der Waals surface area contributed by atoms with E-state index < -0.39 is 36.7 Å². The molecule has 5 atom stereocenters. The van der Waals surface area contributed by atoms with Crippen molar-refractivity contribution in [2.75, 3.05) is 13.7 Å². The van der Waals surface area contributed by atoms with Gasteiger partial charge in [0.05, 0.1) is 13.2 Å². The maximum Gasteiger partial charge on any atom is 0.302 e. The summed E-state index contributed by atoms with van der Waals surface area (Å²) < 4.78 is 28.5. The first-order chi connectivity index (χ1) is 14.6. The van der Waals surface area contributed by atoms with Crippen molar-refractivity contribution in [2.45, 2.75) is 50.8 Å². The van der Waals surface area contributed by atoms with Crippen LogP contribution in [0.2, 0.25) is 0 Å². The summed E-state index contributed by atoms with van der Waals surface area (Å²) in [5.74, 6) is -0.428. The van der Waals surface area contributed by atoms with Gasteiger partial charge >= 0.3 is 5.97 Å². The van der Waals surface area contributed by atoms with Crippen LogP contribution in [0.3, 0.4) is 0 Å². The number of esters is 1. The number of ether oxygens (including phenoxy) is 5. The van der Waals surface area contributed by atoms with Gasteiger partial charge in [-0.05, 0) is 11.1 Å². The minimum atomic E-state index is -1.08. The summed E-state index contributed by atoms with van der Waals surface area (Å²) in [4.78, 5) is 11.3. The van der Waals surface area contributed by atoms with Crippen LogP contribution in [0.5, 0.6) is 0 Å². The molecule has 0 amide bonds. The largest absolute Gasteiger partial charge is 0.463 e. The normalized spacial score (nSPS) is 26.3. The van der Waals surface area contributed by atoms with E-state index in [1.165, 1.54) is 14.0 Å². The third-order valence-corrected chi connectivity index (χ3v) is 4.87. The fraction of sp³-hybridized carbons (Fsp3) is 0.435. The van der Waals surface area contributed by atoms with E-state index in [0.29, 0.717) is 6.61 Å². The lowest BCUT2D eigenvalue weighted by Gasteiger charge is -2.43. The van der Waals surface area contributed by atoms with Gasteiger partial charge in [0.15, 0.2) is 6.29 Å². The fourth-order valence-electron chi connectivity index (χ4n) is 3.35. The molecule has 1 N–H and O–H groups in total. The van der Waals surface area contributed by atoms with Crippen LogP contribution in [-0.2, 0) is 41.7 Å². The number of methoxy groups -OCH3 is 1. The van der Waals surface area contributed by atoms with E-state index in [4.69, 9.17) is 23.7 Å². The Balaban J connectivity index is 1.78. The van der Waals surface area contributed by atoms with Gasteiger partial charge in [-0.25, -0.2) is 0 Å². The zero-order chi connectivity index (χ0) is 21.3. The van der Waals surface area contributed by atoms with E-state index in [-0.39, 0.29) is 13.2 Å². The van der Waals surface area contributed by atoms with Gasteiger partial charge < -0.3 is 28.8 Å². The van der Waals surface area contributed by atoms with Crippen molar-refractivity contribution < 1.29 is 33.6 Å². The highest BCUT2D eigenvalue weighted by Gasteiger charge is 2.47. The van der Waals surface area contributed by atoms with E-state index >= 15 is 0 Å². The second kappa shape index (κ2) is 11.2. The average molecular weight is 416 g/mol. The van der Waals surface area contributed by atoms with E-state index in [0.717, 1.165) is 11.1 Å². The summed E-state index contributed by atoms with van der Waals surface area (Å²) in [6, 6.07) is 19.3. The van der Waals surface area contributed by atoms with Crippen molar-refractivity contribution in [3.05, 3.63) is 71.8 Å². The topological polar surface area (TPSA) is 83.5 Å². The molecule has 1 saturated heterocycles. The van der Waals surface area contributed by atoms with E-state index in [1.807, 2.05) is 60.7 Å². The molecule has 2 aromatic carbocycles. The lowest BCUT2D eigenvalue weighted by atomic mass is 9.98. The summed E-state index contributed by atoms with van der Waals surface area (Å²) in [6.45, 7) is 1.87. The Kier molecular flexibility index (Phi) is 8.36. The van der Waals surface area contributed by atoms with Crippen LogP contribution in [-0.4, -0.2) is 55.5 Å². The molecule has 0 saturated carbocycles. The lowest BCUT2D eigenvalue weighted by Crippen LogP contribution is -2.60. The predicted octanol–water partition coefficient (Wildman–Crippen LogP) is 2.45. The Morgan fingerprint density at radius 2 is 1.47 bits per heavy atom. The first kappa shape index (κ1) is 22.4. The lowest BCUT2D eigenvalue weighted by molar-refractivity contribution is -0.312. The molecule has 0 aliphatic carbocycles. The Bertz CT molecular complexity index is 768. The number of rotatable bonds is 9. The van der Waals surface area contributed by atoms with Gasteiger partial charge in [-0.2, -0.15) is 0 Å². The molecule has 1 fully saturated rings.